The molecule has 4 rings (SSSR count). The Morgan fingerprint density at radius 3 is 2.14 bits per heavy atom. The lowest BCUT2D eigenvalue weighted by molar-refractivity contribution is -0.135. The Morgan fingerprint density at radius 1 is 0.865 bits per heavy atom. The second-order valence-corrected chi connectivity index (χ2v) is 8.96. The van der Waals surface area contributed by atoms with Crippen molar-refractivity contribution < 1.29 is 28.5 Å². The number of hydrogen-bond acceptors (Lipinski definition) is 8. The van der Waals surface area contributed by atoms with E-state index in [1.54, 1.807) is 51.3 Å². The second-order valence-electron chi connectivity index (χ2n) is 8.96. The van der Waals surface area contributed by atoms with Crippen LogP contribution >= 0.6 is 0 Å². The molecule has 0 N–H and O–H groups in total. The average molecular weight is 511 g/mol. The third-order valence-corrected chi connectivity index (χ3v) is 6.86. The Bertz CT molecular complexity index is 1180. The van der Waals surface area contributed by atoms with Gasteiger partial charge in [-0.2, -0.15) is 5.10 Å². The fraction of sp³-hybridized carbons (Fsp3) is 0.444. The normalized spacial score (nSPS) is 17.9. The van der Waals surface area contributed by atoms with E-state index in [2.05, 4.69) is 4.90 Å². The molecule has 10 nitrogen and oxygen atoms in total. The monoisotopic (exact) mass is 510 g/mol. The lowest BCUT2D eigenvalue weighted by atomic mass is 9.96. The number of benzene rings is 2. The molecule has 198 valence electrons. The van der Waals surface area contributed by atoms with Gasteiger partial charge in [0.2, 0.25) is 5.91 Å². The number of nitrogens with zero attached hydrogens (tertiary/aromatic N) is 4. The summed E-state index contributed by atoms with van der Waals surface area (Å²) in [5.74, 6) is 2.52. The van der Waals surface area contributed by atoms with Gasteiger partial charge in [-0.3, -0.25) is 14.5 Å². The van der Waals surface area contributed by atoms with Gasteiger partial charge in [0.05, 0.1) is 46.7 Å². The SMILES string of the molecule is COc1ccc(C2=NN(C(=O)CN3CCN(C(C)=O)CC3)[C@H](c3cc(OC)ccc3OC)C2)c(OC)c1. The minimum absolute atomic E-state index is 0.0541. The molecule has 0 saturated carbocycles. The van der Waals surface area contributed by atoms with E-state index in [0.717, 1.165) is 16.8 Å². The van der Waals surface area contributed by atoms with Crippen LogP contribution in [0.25, 0.3) is 0 Å². The van der Waals surface area contributed by atoms with Crippen molar-refractivity contribution in [1.29, 1.82) is 0 Å². The first kappa shape index (κ1) is 26.3. The maximum atomic E-state index is 13.7. The number of ether oxygens (including phenoxy) is 4. The van der Waals surface area contributed by atoms with Crippen molar-refractivity contribution in [1.82, 2.24) is 14.8 Å². The zero-order valence-electron chi connectivity index (χ0n) is 22.0. The van der Waals surface area contributed by atoms with Gasteiger partial charge in [-0.25, -0.2) is 5.01 Å². The Morgan fingerprint density at radius 2 is 1.51 bits per heavy atom. The third kappa shape index (κ3) is 5.64. The first-order valence-corrected chi connectivity index (χ1v) is 12.2. The topological polar surface area (TPSA) is 93.1 Å². The van der Waals surface area contributed by atoms with Crippen LogP contribution in [0.1, 0.15) is 30.5 Å². The van der Waals surface area contributed by atoms with Crippen LogP contribution in [0.4, 0.5) is 0 Å². The minimum atomic E-state index is -0.391. The minimum Gasteiger partial charge on any atom is -0.497 e. The van der Waals surface area contributed by atoms with Crippen LogP contribution in [0.3, 0.4) is 0 Å². The molecule has 0 spiro atoms. The van der Waals surface area contributed by atoms with Crippen molar-refractivity contribution >= 4 is 17.5 Å². The van der Waals surface area contributed by atoms with Crippen molar-refractivity contribution in [3.63, 3.8) is 0 Å². The van der Waals surface area contributed by atoms with Gasteiger partial charge in [0.1, 0.15) is 23.0 Å². The largest absolute Gasteiger partial charge is 0.497 e. The van der Waals surface area contributed by atoms with Crippen LogP contribution in [0.2, 0.25) is 0 Å². The highest BCUT2D eigenvalue weighted by Gasteiger charge is 2.37. The number of hydrazone groups is 1. The lowest BCUT2D eigenvalue weighted by Crippen LogP contribution is -2.50. The van der Waals surface area contributed by atoms with Gasteiger partial charge >= 0.3 is 0 Å². The van der Waals surface area contributed by atoms with E-state index >= 15 is 0 Å². The van der Waals surface area contributed by atoms with E-state index in [-0.39, 0.29) is 18.4 Å². The summed E-state index contributed by atoms with van der Waals surface area (Å²) in [5, 5.41) is 6.36. The lowest BCUT2D eigenvalue weighted by Gasteiger charge is -2.34. The first-order chi connectivity index (χ1) is 17.9. The third-order valence-electron chi connectivity index (χ3n) is 6.86. The molecule has 0 aliphatic carbocycles. The zero-order chi connectivity index (χ0) is 26.5. The van der Waals surface area contributed by atoms with Gasteiger partial charge in [-0.05, 0) is 30.3 Å². The Balaban J connectivity index is 1.66. The molecule has 2 heterocycles. The van der Waals surface area contributed by atoms with Crippen molar-refractivity contribution in [2.24, 2.45) is 5.10 Å². The number of amides is 2. The van der Waals surface area contributed by atoms with Gasteiger partial charge in [0.25, 0.3) is 5.91 Å². The molecular weight excluding hydrogens is 476 g/mol. The number of methoxy groups -OCH3 is 4. The van der Waals surface area contributed by atoms with Crippen LogP contribution in [0, 0.1) is 0 Å². The maximum Gasteiger partial charge on any atom is 0.257 e. The molecule has 2 aromatic carbocycles. The fourth-order valence-corrected chi connectivity index (χ4v) is 4.77. The number of carbonyl (C=O) groups is 2. The summed E-state index contributed by atoms with van der Waals surface area (Å²) < 4.78 is 22.1. The molecule has 1 fully saturated rings. The molecule has 37 heavy (non-hydrogen) atoms. The molecular formula is C27H34N4O6. The molecule has 0 aromatic heterocycles. The Kier molecular flexibility index (Phi) is 8.17. The highest BCUT2D eigenvalue weighted by Crippen LogP contribution is 2.41. The smallest absolute Gasteiger partial charge is 0.257 e. The van der Waals surface area contributed by atoms with E-state index in [1.807, 2.05) is 30.3 Å². The van der Waals surface area contributed by atoms with Crippen LogP contribution in [-0.4, -0.2) is 93.5 Å². The zero-order valence-corrected chi connectivity index (χ0v) is 22.0. The summed E-state index contributed by atoms with van der Waals surface area (Å²) in [6.07, 6.45) is 0.468. The summed E-state index contributed by atoms with van der Waals surface area (Å²) >= 11 is 0. The van der Waals surface area contributed by atoms with Crippen molar-refractivity contribution in [3.05, 3.63) is 47.5 Å². The first-order valence-electron chi connectivity index (χ1n) is 12.2. The highest BCUT2D eigenvalue weighted by atomic mass is 16.5. The Hall–Kier alpha value is -3.79. The molecule has 1 atom stereocenters. The quantitative estimate of drug-likeness (QED) is 0.539. The summed E-state index contributed by atoms with van der Waals surface area (Å²) in [4.78, 5) is 29.2. The highest BCUT2D eigenvalue weighted by molar-refractivity contribution is 6.05. The van der Waals surface area contributed by atoms with Crippen molar-refractivity contribution in [2.45, 2.75) is 19.4 Å². The van der Waals surface area contributed by atoms with Crippen LogP contribution in [-0.2, 0) is 9.59 Å². The molecule has 1 saturated heterocycles. The molecule has 0 unspecified atom stereocenters. The summed E-state index contributed by atoms with van der Waals surface area (Å²) in [6, 6.07) is 10.7. The van der Waals surface area contributed by atoms with E-state index < -0.39 is 6.04 Å². The van der Waals surface area contributed by atoms with E-state index in [1.165, 1.54) is 0 Å². The van der Waals surface area contributed by atoms with Gasteiger partial charge in [0.15, 0.2) is 0 Å². The Labute approximate surface area is 217 Å². The van der Waals surface area contributed by atoms with E-state index in [0.29, 0.717) is 55.6 Å². The predicted octanol–water partition coefficient (Wildman–Crippen LogP) is 2.56. The van der Waals surface area contributed by atoms with E-state index in [4.69, 9.17) is 24.0 Å². The van der Waals surface area contributed by atoms with Crippen LogP contribution in [0.5, 0.6) is 23.0 Å². The number of hydrogen-bond donors (Lipinski definition) is 0. The standard InChI is InChI=1S/C27H34N4O6/c1-18(32)30-12-10-29(11-13-30)17-27(33)31-24(22-14-19(34-2)7-9-25(22)36-4)16-23(28-31)21-8-6-20(35-3)15-26(21)37-5/h6-9,14-15,24H,10-13,16-17H2,1-5H3/t24-/m0/s1. The molecule has 10 heteroatoms. The number of piperazine rings is 1. The van der Waals surface area contributed by atoms with E-state index in [9.17, 15) is 9.59 Å². The van der Waals surface area contributed by atoms with Crippen molar-refractivity contribution in [3.8, 4) is 23.0 Å². The second kappa shape index (κ2) is 11.5. The number of rotatable bonds is 8. The van der Waals surface area contributed by atoms with Gasteiger partial charge in [-0.15, -0.1) is 0 Å². The molecule has 2 aliphatic rings. The van der Waals surface area contributed by atoms with Crippen molar-refractivity contribution in [2.75, 3.05) is 61.2 Å². The fourth-order valence-electron chi connectivity index (χ4n) is 4.77. The molecule has 0 bridgehead atoms. The molecule has 2 aromatic rings. The summed E-state index contributed by atoms with van der Waals surface area (Å²) in [5.41, 5.74) is 2.33. The van der Waals surface area contributed by atoms with Gasteiger partial charge < -0.3 is 23.8 Å². The molecule has 2 amide bonds. The molecule has 0 radical (unpaired) electrons. The molecule has 2 aliphatic heterocycles. The van der Waals surface area contributed by atoms with Crippen LogP contribution < -0.4 is 18.9 Å². The van der Waals surface area contributed by atoms with Gasteiger partial charge in [-0.1, -0.05) is 0 Å². The van der Waals surface area contributed by atoms with Crippen LogP contribution in [0.15, 0.2) is 41.5 Å². The predicted molar refractivity (Wildman–Crippen MR) is 139 cm³/mol. The average Bonchev–Trinajstić information content (AvgIpc) is 3.37. The van der Waals surface area contributed by atoms with Gasteiger partial charge in [0, 0.05) is 56.7 Å². The number of carbonyl (C=O) groups excluding carboxylic acids is 2. The summed E-state index contributed by atoms with van der Waals surface area (Å²) in [6.45, 7) is 4.25. The maximum absolute atomic E-state index is 13.7. The summed E-state index contributed by atoms with van der Waals surface area (Å²) in [7, 11) is 6.41.